The summed E-state index contributed by atoms with van der Waals surface area (Å²) in [5, 5.41) is 12.9. The molecule has 1 atom stereocenters. The fourth-order valence-corrected chi connectivity index (χ4v) is 2.48. The van der Waals surface area contributed by atoms with E-state index in [1.54, 1.807) is 7.05 Å². The van der Waals surface area contributed by atoms with Gasteiger partial charge in [-0.3, -0.25) is 0 Å². The smallest absolute Gasteiger partial charge is 0.175 e. The normalized spacial score (nSPS) is 16.4. The number of benzene rings is 1. The first-order valence-electron chi connectivity index (χ1n) is 5.64. The van der Waals surface area contributed by atoms with E-state index in [1.165, 1.54) is 0 Å². The van der Waals surface area contributed by atoms with Crippen LogP contribution in [0.3, 0.4) is 0 Å². The highest BCUT2D eigenvalue weighted by molar-refractivity contribution is 9.10. The van der Waals surface area contributed by atoms with Crippen LogP contribution in [0.2, 0.25) is 0 Å². The number of hydrogen-bond acceptors (Lipinski definition) is 4. The molecule has 1 aromatic carbocycles. The van der Waals surface area contributed by atoms with Crippen LogP contribution < -0.4 is 14.8 Å². The number of aliphatic hydroxyl groups excluding tert-OH is 1. The zero-order chi connectivity index (χ0) is 12.3. The summed E-state index contributed by atoms with van der Waals surface area (Å²) in [5.41, 5.74) is 0.809. The lowest BCUT2D eigenvalue weighted by Crippen LogP contribution is -2.17. The Balaban J connectivity index is 2.33. The predicted molar refractivity (Wildman–Crippen MR) is 68.6 cm³/mol. The molecule has 94 valence electrons. The maximum absolute atomic E-state index is 9.98. The van der Waals surface area contributed by atoms with Gasteiger partial charge >= 0.3 is 0 Å². The summed E-state index contributed by atoms with van der Waals surface area (Å²) in [4.78, 5) is 0. The minimum atomic E-state index is -0.563. The van der Waals surface area contributed by atoms with Gasteiger partial charge in [-0.1, -0.05) is 6.07 Å². The van der Waals surface area contributed by atoms with Crippen LogP contribution in [0.4, 0.5) is 0 Å². The highest BCUT2D eigenvalue weighted by Crippen LogP contribution is 2.41. The van der Waals surface area contributed by atoms with Crippen molar-refractivity contribution in [3.63, 3.8) is 0 Å². The van der Waals surface area contributed by atoms with Crippen LogP contribution in [-0.2, 0) is 0 Å². The minimum Gasteiger partial charge on any atom is -0.490 e. The van der Waals surface area contributed by atoms with Crippen molar-refractivity contribution in [3.05, 3.63) is 22.2 Å². The Kier molecular flexibility index (Phi) is 4.25. The number of aliphatic hydroxyl groups is 1. The van der Waals surface area contributed by atoms with E-state index >= 15 is 0 Å². The second-order valence-electron chi connectivity index (χ2n) is 3.92. The number of likely N-dealkylation sites (N-methyl/N-ethyl adjacent to an activating group) is 1. The van der Waals surface area contributed by atoms with E-state index in [4.69, 9.17) is 9.47 Å². The van der Waals surface area contributed by atoms with Gasteiger partial charge in [-0.2, -0.15) is 0 Å². The monoisotopic (exact) mass is 301 g/mol. The molecule has 0 aliphatic carbocycles. The van der Waals surface area contributed by atoms with Gasteiger partial charge in [0.1, 0.15) is 0 Å². The lowest BCUT2D eigenvalue weighted by Gasteiger charge is -2.16. The van der Waals surface area contributed by atoms with Gasteiger partial charge in [0.2, 0.25) is 0 Å². The molecule has 0 radical (unpaired) electrons. The first-order chi connectivity index (χ1) is 8.24. The molecule has 4 nitrogen and oxygen atoms in total. The third-order valence-corrected chi connectivity index (χ3v) is 3.46. The average molecular weight is 302 g/mol. The van der Waals surface area contributed by atoms with Gasteiger partial charge < -0.3 is 19.9 Å². The van der Waals surface area contributed by atoms with Crippen molar-refractivity contribution < 1.29 is 14.6 Å². The number of fused-ring (bicyclic) bond motifs is 1. The van der Waals surface area contributed by atoms with E-state index in [-0.39, 0.29) is 0 Å². The van der Waals surface area contributed by atoms with Gasteiger partial charge in [0.15, 0.2) is 11.5 Å². The quantitative estimate of drug-likeness (QED) is 0.895. The van der Waals surface area contributed by atoms with Crippen LogP contribution in [0.25, 0.3) is 0 Å². The van der Waals surface area contributed by atoms with E-state index < -0.39 is 6.10 Å². The Bertz CT molecular complexity index is 398. The van der Waals surface area contributed by atoms with Crippen LogP contribution in [0.1, 0.15) is 18.1 Å². The van der Waals surface area contributed by atoms with Gasteiger partial charge in [0.25, 0.3) is 0 Å². The fraction of sp³-hybridized carbons (Fsp3) is 0.500. The molecule has 5 heteroatoms. The molecule has 1 aliphatic rings. The summed E-state index contributed by atoms with van der Waals surface area (Å²) in [5.74, 6) is 1.42. The van der Waals surface area contributed by atoms with Crippen molar-refractivity contribution in [1.82, 2.24) is 5.32 Å². The molecule has 1 unspecified atom stereocenters. The van der Waals surface area contributed by atoms with E-state index in [9.17, 15) is 5.11 Å². The molecule has 0 saturated carbocycles. The summed E-state index contributed by atoms with van der Waals surface area (Å²) in [6, 6.07) is 3.71. The molecule has 2 N–H and O–H groups in total. The van der Waals surface area contributed by atoms with Crippen LogP contribution in [0, 0.1) is 0 Å². The Hall–Kier alpha value is -0.780. The molecular formula is C12H16BrNO3. The second-order valence-corrected chi connectivity index (χ2v) is 4.71. The standard InChI is InChI=1S/C12H16BrNO3/c1-14-7-9(15)8-3-4-10-12(11(8)13)17-6-2-5-16-10/h3-4,9,14-15H,2,5-7H2,1H3. The Morgan fingerprint density at radius 3 is 2.94 bits per heavy atom. The largest absolute Gasteiger partial charge is 0.490 e. The SMILES string of the molecule is CNCC(O)c1ccc2c(c1Br)OCCCO2. The van der Waals surface area contributed by atoms with Crippen molar-refractivity contribution in [1.29, 1.82) is 0 Å². The minimum absolute atomic E-state index is 0.498. The average Bonchev–Trinajstić information content (AvgIpc) is 2.55. The van der Waals surface area contributed by atoms with E-state index in [0.29, 0.717) is 25.5 Å². The lowest BCUT2D eigenvalue weighted by atomic mass is 10.1. The number of nitrogens with one attached hydrogen (secondary N) is 1. The van der Waals surface area contributed by atoms with Crippen molar-refractivity contribution in [3.8, 4) is 11.5 Å². The van der Waals surface area contributed by atoms with E-state index in [2.05, 4.69) is 21.2 Å². The third kappa shape index (κ3) is 2.73. The van der Waals surface area contributed by atoms with Crippen LogP contribution in [-0.4, -0.2) is 31.9 Å². The summed E-state index contributed by atoms with van der Waals surface area (Å²) >= 11 is 3.48. The van der Waals surface area contributed by atoms with Gasteiger partial charge in [-0.15, -0.1) is 0 Å². The van der Waals surface area contributed by atoms with Crippen molar-refractivity contribution in [2.24, 2.45) is 0 Å². The Morgan fingerprint density at radius 2 is 2.18 bits per heavy atom. The van der Waals surface area contributed by atoms with E-state index in [1.807, 2.05) is 12.1 Å². The lowest BCUT2D eigenvalue weighted by molar-refractivity contribution is 0.176. The van der Waals surface area contributed by atoms with Gasteiger partial charge in [-0.05, 0) is 34.6 Å². The first kappa shape index (κ1) is 12.7. The molecule has 2 rings (SSSR count). The summed E-state index contributed by atoms with van der Waals surface area (Å²) in [7, 11) is 1.81. The van der Waals surface area contributed by atoms with E-state index in [0.717, 1.165) is 22.2 Å². The van der Waals surface area contributed by atoms with Crippen LogP contribution in [0.5, 0.6) is 11.5 Å². The molecular weight excluding hydrogens is 286 g/mol. The summed E-state index contributed by atoms with van der Waals surface area (Å²) in [6.45, 7) is 1.80. The zero-order valence-electron chi connectivity index (χ0n) is 9.70. The van der Waals surface area contributed by atoms with Crippen LogP contribution >= 0.6 is 15.9 Å². The molecule has 0 spiro atoms. The van der Waals surface area contributed by atoms with Crippen LogP contribution in [0.15, 0.2) is 16.6 Å². The first-order valence-corrected chi connectivity index (χ1v) is 6.44. The highest BCUT2D eigenvalue weighted by Gasteiger charge is 2.20. The third-order valence-electron chi connectivity index (χ3n) is 2.64. The molecule has 0 amide bonds. The Morgan fingerprint density at radius 1 is 1.41 bits per heavy atom. The Labute approximate surface area is 109 Å². The molecule has 0 saturated heterocycles. The molecule has 1 heterocycles. The summed E-state index contributed by atoms with van der Waals surface area (Å²) < 4.78 is 12.0. The maximum Gasteiger partial charge on any atom is 0.175 e. The second kappa shape index (κ2) is 5.71. The molecule has 1 aliphatic heterocycles. The predicted octanol–water partition coefficient (Wildman–Crippen LogP) is 1.86. The molecule has 0 fully saturated rings. The molecule has 1 aromatic rings. The maximum atomic E-state index is 9.98. The van der Waals surface area contributed by atoms with Gasteiger partial charge in [0, 0.05) is 13.0 Å². The molecule has 17 heavy (non-hydrogen) atoms. The molecule has 0 aromatic heterocycles. The van der Waals surface area contributed by atoms with Gasteiger partial charge in [-0.25, -0.2) is 0 Å². The topological polar surface area (TPSA) is 50.7 Å². The number of hydrogen-bond donors (Lipinski definition) is 2. The fourth-order valence-electron chi connectivity index (χ4n) is 1.78. The highest BCUT2D eigenvalue weighted by atomic mass is 79.9. The molecule has 0 bridgehead atoms. The van der Waals surface area contributed by atoms with Gasteiger partial charge in [0.05, 0.1) is 23.8 Å². The number of ether oxygens (including phenoxy) is 2. The zero-order valence-corrected chi connectivity index (χ0v) is 11.3. The van der Waals surface area contributed by atoms with Crippen molar-refractivity contribution >= 4 is 15.9 Å². The van der Waals surface area contributed by atoms with Crippen molar-refractivity contribution in [2.45, 2.75) is 12.5 Å². The number of rotatable bonds is 3. The summed E-state index contributed by atoms with van der Waals surface area (Å²) in [6.07, 6.45) is 0.307. The number of halogens is 1. The van der Waals surface area contributed by atoms with Crippen molar-refractivity contribution in [2.75, 3.05) is 26.8 Å².